The molecule has 1 aromatic rings. The lowest BCUT2D eigenvalue weighted by atomic mass is 10.3. The molecular weight excluding hydrogens is 218 g/mol. The SMILES string of the molecule is COCC(C)Nc1cc(NN)nc(C2CC2)n1. The molecule has 1 fully saturated rings. The fourth-order valence-electron chi connectivity index (χ4n) is 1.68. The Balaban J connectivity index is 2.11. The summed E-state index contributed by atoms with van der Waals surface area (Å²) >= 11 is 0. The normalized spacial score (nSPS) is 16.6. The lowest BCUT2D eigenvalue weighted by molar-refractivity contribution is 0.190. The summed E-state index contributed by atoms with van der Waals surface area (Å²) in [5, 5.41) is 3.27. The second kappa shape index (κ2) is 5.29. The standard InChI is InChI=1S/C11H19N5O/c1-7(6-17-2)13-9-5-10(16-12)15-11(14-9)8-3-4-8/h5,7-8H,3-4,6,12H2,1-2H3,(H2,13,14,15,16). The second-order valence-corrected chi connectivity index (χ2v) is 4.42. The highest BCUT2D eigenvalue weighted by Gasteiger charge is 2.27. The number of hydrazine groups is 1. The molecule has 1 unspecified atom stereocenters. The van der Waals surface area contributed by atoms with Gasteiger partial charge in [-0.1, -0.05) is 0 Å². The Hall–Kier alpha value is -1.40. The maximum Gasteiger partial charge on any atom is 0.145 e. The predicted octanol–water partition coefficient (Wildman–Crippen LogP) is 1.09. The van der Waals surface area contributed by atoms with E-state index in [0.717, 1.165) is 11.6 Å². The molecule has 94 valence electrons. The monoisotopic (exact) mass is 237 g/mol. The van der Waals surface area contributed by atoms with Gasteiger partial charge in [-0.25, -0.2) is 15.8 Å². The molecular formula is C11H19N5O. The summed E-state index contributed by atoms with van der Waals surface area (Å²) in [6.07, 6.45) is 2.34. The Morgan fingerprint density at radius 1 is 1.47 bits per heavy atom. The smallest absolute Gasteiger partial charge is 0.145 e. The minimum atomic E-state index is 0.201. The number of hydrogen-bond donors (Lipinski definition) is 3. The van der Waals surface area contributed by atoms with Crippen molar-refractivity contribution in [2.24, 2.45) is 5.84 Å². The Kier molecular flexibility index (Phi) is 3.75. The first-order chi connectivity index (χ1) is 8.22. The molecule has 0 aromatic carbocycles. The predicted molar refractivity (Wildman–Crippen MR) is 66.8 cm³/mol. The maximum absolute atomic E-state index is 5.40. The first-order valence-electron chi connectivity index (χ1n) is 5.84. The zero-order valence-corrected chi connectivity index (χ0v) is 10.2. The molecule has 1 aliphatic rings. The summed E-state index contributed by atoms with van der Waals surface area (Å²) in [5.41, 5.74) is 2.57. The molecule has 1 aliphatic carbocycles. The molecule has 1 atom stereocenters. The van der Waals surface area contributed by atoms with Crippen LogP contribution < -0.4 is 16.6 Å². The van der Waals surface area contributed by atoms with Crippen LogP contribution in [0.25, 0.3) is 0 Å². The van der Waals surface area contributed by atoms with Crippen LogP contribution in [0.2, 0.25) is 0 Å². The molecule has 4 N–H and O–H groups in total. The summed E-state index contributed by atoms with van der Waals surface area (Å²) in [7, 11) is 1.68. The Bertz CT molecular complexity index is 380. The number of methoxy groups -OCH3 is 1. The summed E-state index contributed by atoms with van der Waals surface area (Å²) in [6, 6.07) is 2.01. The first kappa shape index (κ1) is 12.1. The third-order valence-corrected chi connectivity index (χ3v) is 2.64. The van der Waals surface area contributed by atoms with Gasteiger partial charge in [0.25, 0.3) is 0 Å². The average Bonchev–Trinajstić information content (AvgIpc) is 3.12. The minimum absolute atomic E-state index is 0.201. The molecule has 1 heterocycles. The number of rotatable bonds is 6. The molecule has 0 spiro atoms. The van der Waals surface area contributed by atoms with E-state index in [2.05, 4.69) is 20.7 Å². The molecule has 0 aliphatic heterocycles. The van der Waals surface area contributed by atoms with Gasteiger partial charge >= 0.3 is 0 Å². The van der Waals surface area contributed by atoms with E-state index < -0.39 is 0 Å². The molecule has 1 saturated carbocycles. The van der Waals surface area contributed by atoms with Gasteiger partial charge in [0.1, 0.15) is 17.5 Å². The summed E-state index contributed by atoms with van der Waals surface area (Å²) in [4.78, 5) is 8.84. The number of aromatic nitrogens is 2. The van der Waals surface area contributed by atoms with Crippen LogP contribution in [0, 0.1) is 0 Å². The van der Waals surface area contributed by atoms with E-state index in [1.54, 1.807) is 13.2 Å². The quantitative estimate of drug-likeness (QED) is 0.507. The highest BCUT2D eigenvalue weighted by Crippen LogP contribution is 2.38. The molecule has 1 aromatic heterocycles. The highest BCUT2D eigenvalue weighted by molar-refractivity contribution is 5.48. The largest absolute Gasteiger partial charge is 0.383 e. The lowest BCUT2D eigenvalue weighted by Crippen LogP contribution is -2.22. The zero-order valence-electron chi connectivity index (χ0n) is 10.2. The lowest BCUT2D eigenvalue weighted by Gasteiger charge is -2.14. The highest BCUT2D eigenvalue weighted by atomic mass is 16.5. The van der Waals surface area contributed by atoms with Gasteiger partial charge in [-0.3, -0.25) is 0 Å². The van der Waals surface area contributed by atoms with Gasteiger partial charge in [-0.15, -0.1) is 0 Å². The van der Waals surface area contributed by atoms with Crippen LogP contribution in [0.15, 0.2) is 6.07 Å². The third kappa shape index (κ3) is 3.28. The van der Waals surface area contributed by atoms with E-state index in [1.807, 2.05) is 6.92 Å². The first-order valence-corrected chi connectivity index (χ1v) is 5.84. The van der Waals surface area contributed by atoms with Crippen molar-refractivity contribution in [1.82, 2.24) is 9.97 Å². The van der Waals surface area contributed by atoms with Crippen molar-refractivity contribution in [2.75, 3.05) is 24.5 Å². The van der Waals surface area contributed by atoms with Gasteiger partial charge in [0, 0.05) is 25.1 Å². The van der Waals surface area contributed by atoms with Crippen molar-refractivity contribution in [3.8, 4) is 0 Å². The van der Waals surface area contributed by atoms with Gasteiger partial charge in [-0.05, 0) is 19.8 Å². The topological polar surface area (TPSA) is 85.1 Å². The third-order valence-electron chi connectivity index (χ3n) is 2.64. The van der Waals surface area contributed by atoms with Crippen molar-refractivity contribution in [1.29, 1.82) is 0 Å². The van der Waals surface area contributed by atoms with Crippen LogP contribution in [0.4, 0.5) is 11.6 Å². The Labute approximate surface area is 101 Å². The van der Waals surface area contributed by atoms with E-state index in [1.165, 1.54) is 12.8 Å². The van der Waals surface area contributed by atoms with Gasteiger partial charge in [-0.2, -0.15) is 0 Å². The van der Waals surface area contributed by atoms with Gasteiger partial charge in [0.05, 0.1) is 6.61 Å². The number of nitrogen functional groups attached to an aromatic ring is 1. The molecule has 2 rings (SSSR count). The van der Waals surface area contributed by atoms with Crippen molar-refractivity contribution in [3.63, 3.8) is 0 Å². The summed E-state index contributed by atoms with van der Waals surface area (Å²) in [5.74, 6) is 8.21. The minimum Gasteiger partial charge on any atom is -0.383 e. The van der Waals surface area contributed by atoms with Crippen LogP contribution in [-0.4, -0.2) is 29.7 Å². The van der Waals surface area contributed by atoms with E-state index in [4.69, 9.17) is 10.6 Å². The van der Waals surface area contributed by atoms with Crippen LogP contribution >= 0.6 is 0 Å². The van der Waals surface area contributed by atoms with Gasteiger partial charge < -0.3 is 15.5 Å². The molecule has 17 heavy (non-hydrogen) atoms. The summed E-state index contributed by atoms with van der Waals surface area (Å²) < 4.78 is 5.08. The van der Waals surface area contributed by atoms with Crippen molar-refractivity contribution >= 4 is 11.6 Å². The molecule has 6 nitrogen and oxygen atoms in total. The number of nitrogens with one attached hydrogen (secondary N) is 2. The fraction of sp³-hybridized carbons (Fsp3) is 0.636. The van der Waals surface area contributed by atoms with Gasteiger partial charge in [0.15, 0.2) is 0 Å². The fourth-order valence-corrected chi connectivity index (χ4v) is 1.68. The average molecular weight is 237 g/mol. The number of nitrogens with two attached hydrogens (primary N) is 1. The number of hydrogen-bond acceptors (Lipinski definition) is 6. The van der Waals surface area contributed by atoms with Crippen molar-refractivity contribution in [2.45, 2.75) is 31.7 Å². The number of nitrogens with zero attached hydrogens (tertiary/aromatic N) is 2. The molecule has 6 heteroatoms. The van der Waals surface area contributed by atoms with E-state index in [0.29, 0.717) is 18.3 Å². The number of ether oxygens (including phenoxy) is 1. The van der Waals surface area contributed by atoms with Crippen molar-refractivity contribution < 1.29 is 4.74 Å². The molecule has 0 amide bonds. The van der Waals surface area contributed by atoms with Crippen molar-refractivity contribution in [3.05, 3.63) is 11.9 Å². The van der Waals surface area contributed by atoms with Crippen LogP contribution in [-0.2, 0) is 4.74 Å². The van der Waals surface area contributed by atoms with E-state index >= 15 is 0 Å². The molecule has 0 bridgehead atoms. The molecule has 0 saturated heterocycles. The Morgan fingerprint density at radius 3 is 2.76 bits per heavy atom. The molecule has 0 radical (unpaired) electrons. The van der Waals surface area contributed by atoms with Gasteiger partial charge in [0.2, 0.25) is 0 Å². The number of anilines is 2. The van der Waals surface area contributed by atoms with E-state index in [-0.39, 0.29) is 6.04 Å². The summed E-state index contributed by atoms with van der Waals surface area (Å²) in [6.45, 7) is 2.67. The zero-order chi connectivity index (χ0) is 12.3. The Morgan fingerprint density at radius 2 is 2.18 bits per heavy atom. The second-order valence-electron chi connectivity index (χ2n) is 4.42. The maximum atomic E-state index is 5.40. The van der Waals surface area contributed by atoms with E-state index in [9.17, 15) is 0 Å². The van der Waals surface area contributed by atoms with Crippen LogP contribution in [0.3, 0.4) is 0 Å². The van der Waals surface area contributed by atoms with Crippen LogP contribution in [0.1, 0.15) is 31.5 Å². The van der Waals surface area contributed by atoms with Crippen LogP contribution in [0.5, 0.6) is 0 Å².